The molecule has 2 aromatic rings. The summed E-state index contributed by atoms with van der Waals surface area (Å²) in [6, 6.07) is 1.48. The second-order valence-electron chi connectivity index (χ2n) is 4.98. The molecule has 1 saturated carbocycles. The Kier molecular flexibility index (Phi) is 3.19. The van der Waals surface area contributed by atoms with E-state index in [0.29, 0.717) is 12.0 Å². The molecule has 0 bridgehead atoms. The van der Waals surface area contributed by atoms with E-state index in [9.17, 15) is 18.0 Å². The van der Waals surface area contributed by atoms with Crippen LogP contribution in [0.5, 0.6) is 0 Å². The van der Waals surface area contributed by atoms with E-state index >= 15 is 0 Å². The normalized spacial score (nSPS) is 14.7. The van der Waals surface area contributed by atoms with E-state index in [1.165, 1.54) is 10.9 Å². The number of aromatic carboxylic acids is 1. The second kappa shape index (κ2) is 4.91. The number of alkyl halides is 2. The molecule has 1 N–H and O–H groups in total. The van der Waals surface area contributed by atoms with Gasteiger partial charge in [-0.3, -0.25) is 0 Å². The van der Waals surface area contributed by atoms with Gasteiger partial charge in [-0.05, 0) is 25.0 Å². The van der Waals surface area contributed by atoms with Crippen molar-refractivity contribution in [2.45, 2.75) is 25.2 Å². The third-order valence-corrected chi connectivity index (χ3v) is 3.46. The Morgan fingerprint density at radius 3 is 2.67 bits per heavy atom. The van der Waals surface area contributed by atoms with Gasteiger partial charge in [-0.1, -0.05) is 0 Å². The minimum absolute atomic E-state index is 0.0665. The summed E-state index contributed by atoms with van der Waals surface area (Å²) >= 11 is 0. The molecule has 0 atom stereocenters. The van der Waals surface area contributed by atoms with Crippen LogP contribution in [0, 0.1) is 5.82 Å². The highest BCUT2D eigenvalue weighted by molar-refractivity contribution is 5.89. The first-order valence-electron chi connectivity index (χ1n) is 6.36. The largest absolute Gasteiger partial charge is 0.478 e. The topological polar surface area (TPSA) is 55.1 Å². The van der Waals surface area contributed by atoms with E-state index < -0.39 is 29.3 Å². The van der Waals surface area contributed by atoms with E-state index in [4.69, 9.17) is 5.11 Å². The van der Waals surface area contributed by atoms with Crippen molar-refractivity contribution < 1.29 is 23.1 Å². The van der Waals surface area contributed by atoms with Crippen LogP contribution >= 0.6 is 0 Å². The van der Waals surface area contributed by atoms with Crippen LogP contribution in [-0.4, -0.2) is 20.6 Å². The first kappa shape index (κ1) is 13.7. The van der Waals surface area contributed by atoms with Crippen LogP contribution in [0.15, 0.2) is 24.7 Å². The standard InChI is InChI=1S/C14H11F3N2O2/c15-10-3-9(13(16)17)12(4-8(10)14(20)21)19-5-11(18-6-19)7-1-2-7/h3-7,13H,1-2H2,(H,20,21). The second-order valence-corrected chi connectivity index (χ2v) is 4.98. The number of hydrogen-bond donors (Lipinski definition) is 1. The molecule has 1 aliphatic carbocycles. The molecule has 1 aliphatic rings. The van der Waals surface area contributed by atoms with Crippen molar-refractivity contribution in [2.24, 2.45) is 0 Å². The highest BCUT2D eigenvalue weighted by atomic mass is 19.3. The van der Waals surface area contributed by atoms with Gasteiger partial charge in [-0.15, -0.1) is 0 Å². The minimum Gasteiger partial charge on any atom is -0.478 e. The van der Waals surface area contributed by atoms with Crippen LogP contribution < -0.4 is 0 Å². The molecule has 21 heavy (non-hydrogen) atoms. The fourth-order valence-corrected chi connectivity index (χ4v) is 2.20. The van der Waals surface area contributed by atoms with Gasteiger partial charge in [0, 0.05) is 17.7 Å². The number of halogens is 3. The van der Waals surface area contributed by atoms with Crippen LogP contribution in [0.3, 0.4) is 0 Å². The lowest BCUT2D eigenvalue weighted by molar-refractivity contribution is 0.0691. The Morgan fingerprint density at radius 1 is 1.38 bits per heavy atom. The summed E-state index contributed by atoms with van der Waals surface area (Å²) in [5.74, 6) is -2.35. The number of carbonyl (C=O) groups is 1. The molecule has 1 fully saturated rings. The Labute approximate surface area is 117 Å². The van der Waals surface area contributed by atoms with E-state index in [-0.39, 0.29) is 5.69 Å². The third kappa shape index (κ3) is 2.51. The average molecular weight is 296 g/mol. The zero-order valence-corrected chi connectivity index (χ0v) is 10.8. The lowest BCUT2D eigenvalue weighted by Gasteiger charge is -2.11. The van der Waals surface area contributed by atoms with Gasteiger partial charge in [0.05, 0.1) is 23.3 Å². The number of carboxylic acids is 1. The van der Waals surface area contributed by atoms with E-state index in [0.717, 1.165) is 24.6 Å². The number of hydrogen-bond acceptors (Lipinski definition) is 2. The maximum absolute atomic E-state index is 13.6. The van der Waals surface area contributed by atoms with E-state index in [2.05, 4.69) is 4.98 Å². The zero-order valence-electron chi connectivity index (χ0n) is 10.8. The molecule has 0 amide bonds. The van der Waals surface area contributed by atoms with Gasteiger partial charge in [-0.2, -0.15) is 0 Å². The number of imidazole rings is 1. The van der Waals surface area contributed by atoms with Crippen LogP contribution in [0.25, 0.3) is 5.69 Å². The van der Waals surface area contributed by atoms with Gasteiger partial charge >= 0.3 is 5.97 Å². The van der Waals surface area contributed by atoms with Crippen molar-refractivity contribution in [1.82, 2.24) is 9.55 Å². The highest BCUT2D eigenvalue weighted by Gasteiger charge is 2.27. The van der Waals surface area contributed by atoms with Crippen molar-refractivity contribution in [1.29, 1.82) is 0 Å². The SMILES string of the molecule is O=C(O)c1cc(-n2cnc(C3CC3)c2)c(C(F)F)cc1F. The molecule has 1 heterocycles. The summed E-state index contributed by atoms with van der Waals surface area (Å²) < 4.78 is 41.0. The Morgan fingerprint density at radius 2 is 2.10 bits per heavy atom. The maximum atomic E-state index is 13.6. The van der Waals surface area contributed by atoms with Gasteiger partial charge in [-0.25, -0.2) is 22.9 Å². The summed E-state index contributed by atoms with van der Waals surface area (Å²) in [6.45, 7) is 0. The molecule has 0 radical (unpaired) electrons. The lowest BCUT2D eigenvalue weighted by atomic mass is 10.1. The third-order valence-electron chi connectivity index (χ3n) is 3.46. The van der Waals surface area contributed by atoms with Gasteiger partial charge in [0.2, 0.25) is 0 Å². The summed E-state index contributed by atoms with van der Waals surface area (Å²) in [5.41, 5.74) is -0.493. The summed E-state index contributed by atoms with van der Waals surface area (Å²) in [7, 11) is 0. The van der Waals surface area contributed by atoms with E-state index in [1.807, 2.05) is 0 Å². The first-order valence-corrected chi connectivity index (χ1v) is 6.36. The number of carboxylic acid groups (broad SMARTS) is 1. The molecule has 4 nitrogen and oxygen atoms in total. The fourth-order valence-electron chi connectivity index (χ4n) is 2.20. The number of nitrogens with zero attached hydrogens (tertiary/aromatic N) is 2. The number of aromatic nitrogens is 2. The van der Waals surface area contributed by atoms with Crippen molar-refractivity contribution >= 4 is 5.97 Å². The Bertz CT molecular complexity index is 708. The van der Waals surface area contributed by atoms with Gasteiger partial charge in [0.25, 0.3) is 6.43 Å². The predicted molar refractivity (Wildman–Crippen MR) is 67.4 cm³/mol. The molecule has 1 aromatic carbocycles. The zero-order chi connectivity index (χ0) is 15.1. The average Bonchev–Trinajstić information content (AvgIpc) is 3.16. The highest BCUT2D eigenvalue weighted by Crippen LogP contribution is 2.39. The molecule has 110 valence electrons. The molecule has 0 saturated heterocycles. The Hall–Kier alpha value is -2.31. The van der Waals surface area contributed by atoms with Crippen LogP contribution in [0.2, 0.25) is 0 Å². The maximum Gasteiger partial charge on any atom is 0.338 e. The fraction of sp³-hybridized carbons (Fsp3) is 0.286. The van der Waals surface area contributed by atoms with Crippen molar-refractivity contribution in [2.75, 3.05) is 0 Å². The molecule has 0 aliphatic heterocycles. The molecule has 7 heteroatoms. The molecular formula is C14H11F3N2O2. The van der Waals surface area contributed by atoms with Crippen molar-refractivity contribution in [3.05, 3.63) is 47.3 Å². The number of benzene rings is 1. The Balaban J connectivity index is 2.12. The summed E-state index contributed by atoms with van der Waals surface area (Å²) in [6.07, 6.45) is 2.02. The van der Waals surface area contributed by atoms with Crippen LogP contribution in [-0.2, 0) is 0 Å². The number of rotatable bonds is 4. The first-order chi connectivity index (χ1) is 9.97. The smallest absolute Gasteiger partial charge is 0.338 e. The lowest BCUT2D eigenvalue weighted by Crippen LogP contribution is -2.06. The van der Waals surface area contributed by atoms with Crippen LogP contribution in [0.4, 0.5) is 13.2 Å². The van der Waals surface area contributed by atoms with Crippen molar-refractivity contribution in [3.63, 3.8) is 0 Å². The molecule has 1 aromatic heterocycles. The monoisotopic (exact) mass is 296 g/mol. The molecule has 0 spiro atoms. The quantitative estimate of drug-likeness (QED) is 0.939. The van der Waals surface area contributed by atoms with Gasteiger partial charge in [0.15, 0.2) is 0 Å². The van der Waals surface area contributed by atoms with Gasteiger partial charge < -0.3 is 9.67 Å². The molecule has 3 rings (SSSR count). The van der Waals surface area contributed by atoms with Crippen molar-refractivity contribution in [3.8, 4) is 5.69 Å². The summed E-state index contributed by atoms with van der Waals surface area (Å²) in [5, 5.41) is 8.92. The van der Waals surface area contributed by atoms with Crippen LogP contribution in [0.1, 0.15) is 46.8 Å². The summed E-state index contributed by atoms with van der Waals surface area (Å²) in [4.78, 5) is 15.1. The minimum atomic E-state index is -2.91. The molecule has 0 unspecified atom stereocenters. The van der Waals surface area contributed by atoms with E-state index in [1.54, 1.807) is 6.20 Å². The van der Waals surface area contributed by atoms with Gasteiger partial charge in [0.1, 0.15) is 5.82 Å². The molecular weight excluding hydrogens is 285 g/mol. The predicted octanol–water partition coefficient (Wildman–Crippen LogP) is 3.52.